The van der Waals surface area contributed by atoms with Gasteiger partial charge in [0, 0.05) is 30.8 Å². The molecule has 2 N–H and O–H groups in total. The molecule has 2 aliphatic rings. The van der Waals surface area contributed by atoms with E-state index in [4.69, 9.17) is 10.2 Å². The Hall–Kier alpha value is 0.777. The molecular formula is C18H30Cl2O2Si2Zr. The minimum absolute atomic E-state index is 0. The van der Waals surface area contributed by atoms with Gasteiger partial charge in [-0.15, -0.1) is 12.8 Å². The van der Waals surface area contributed by atoms with E-state index in [1.807, 2.05) is 0 Å². The van der Waals surface area contributed by atoms with Crippen LogP contribution in [0.1, 0.15) is 25.7 Å². The van der Waals surface area contributed by atoms with Crippen molar-refractivity contribution in [3.05, 3.63) is 45.8 Å². The Bertz CT molecular complexity index is 443. The van der Waals surface area contributed by atoms with Gasteiger partial charge in [-0.05, 0) is 0 Å². The molecule has 0 bridgehead atoms. The molecule has 0 saturated heterocycles. The van der Waals surface area contributed by atoms with E-state index >= 15 is 0 Å². The second kappa shape index (κ2) is 16.9. The standard InChI is InChI=1S/2C9H15OSi.2ClH.Zr/c2*1-11(2)9-5-3-4-8(9)6-7-10;;;/h2*4,10-11H,3,6-7H2,1-2H3;2*1H;/q2*-1;;;+4/p-2. The van der Waals surface area contributed by atoms with Gasteiger partial charge in [0.05, 0.1) is 0 Å². The van der Waals surface area contributed by atoms with Crippen molar-refractivity contribution >= 4 is 17.6 Å². The van der Waals surface area contributed by atoms with E-state index < -0.39 is 17.6 Å². The molecule has 0 aliphatic heterocycles. The fraction of sp³-hybridized carbons (Fsp3) is 0.556. The van der Waals surface area contributed by atoms with Crippen molar-refractivity contribution in [2.24, 2.45) is 0 Å². The Balaban J connectivity index is -0.000000346. The molecule has 0 aromatic rings. The molecule has 2 nitrogen and oxygen atoms in total. The predicted octanol–water partition coefficient (Wildman–Crippen LogP) is -3.09. The van der Waals surface area contributed by atoms with Gasteiger partial charge in [0.15, 0.2) is 0 Å². The topological polar surface area (TPSA) is 40.5 Å². The van der Waals surface area contributed by atoms with E-state index in [2.05, 4.69) is 50.5 Å². The fourth-order valence-electron chi connectivity index (χ4n) is 2.88. The molecule has 7 heteroatoms. The van der Waals surface area contributed by atoms with Crippen LogP contribution in [0, 0.1) is 12.2 Å². The Labute approximate surface area is 188 Å². The number of allylic oxidation sites excluding steroid dienone is 6. The molecule has 0 atom stereocenters. The van der Waals surface area contributed by atoms with Gasteiger partial charge in [-0.3, -0.25) is 12.2 Å². The van der Waals surface area contributed by atoms with Crippen LogP contribution in [0.25, 0.3) is 0 Å². The SMILES string of the molecule is C[SiH](C)C1=[C-]CC=C1CCO.C[SiH](C)C1=[C-]CC=C1CCO.[Cl-].[Cl-].[Zr+4]. The van der Waals surface area contributed by atoms with E-state index in [1.165, 1.54) is 21.5 Å². The van der Waals surface area contributed by atoms with Crippen molar-refractivity contribution in [1.82, 2.24) is 0 Å². The van der Waals surface area contributed by atoms with Gasteiger partial charge in [0.25, 0.3) is 0 Å². The number of rotatable bonds is 6. The molecule has 2 aliphatic carbocycles. The number of hydrogen-bond donors (Lipinski definition) is 2. The summed E-state index contributed by atoms with van der Waals surface area (Å²) in [6.07, 6.45) is 14.7. The second-order valence-corrected chi connectivity index (χ2v) is 12.1. The van der Waals surface area contributed by atoms with E-state index in [0.29, 0.717) is 0 Å². The maximum atomic E-state index is 8.76. The summed E-state index contributed by atoms with van der Waals surface area (Å²) in [6, 6.07) is 0. The average molecular weight is 497 g/mol. The van der Waals surface area contributed by atoms with Gasteiger partial charge in [-0.2, -0.15) is 23.3 Å². The van der Waals surface area contributed by atoms with E-state index in [9.17, 15) is 0 Å². The number of hydrogen-bond acceptors (Lipinski definition) is 2. The summed E-state index contributed by atoms with van der Waals surface area (Å²) < 4.78 is 0. The van der Waals surface area contributed by atoms with Crippen LogP contribution >= 0.6 is 0 Å². The van der Waals surface area contributed by atoms with Crippen LogP contribution in [0.15, 0.2) is 33.7 Å². The van der Waals surface area contributed by atoms with Crippen molar-refractivity contribution < 1.29 is 61.2 Å². The van der Waals surface area contributed by atoms with Crippen LogP contribution in [-0.2, 0) is 26.2 Å². The second-order valence-electron chi connectivity index (χ2n) is 6.30. The molecular weight excluding hydrogens is 466 g/mol. The Morgan fingerprint density at radius 1 is 0.800 bits per heavy atom. The van der Waals surface area contributed by atoms with Crippen LogP contribution in [0.3, 0.4) is 0 Å². The minimum Gasteiger partial charge on any atom is -1.00 e. The summed E-state index contributed by atoms with van der Waals surface area (Å²) >= 11 is 0. The monoisotopic (exact) mass is 494 g/mol. The number of aliphatic hydroxyl groups is 2. The van der Waals surface area contributed by atoms with Gasteiger partial charge in [-0.1, -0.05) is 39.0 Å². The summed E-state index contributed by atoms with van der Waals surface area (Å²) in [5, 5.41) is 20.4. The molecule has 0 fully saturated rings. The molecule has 0 radical (unpaired) electrons. The number of halogens is 2. The number of aliphatic hydroxyl groups excluding tert-OH is 2. The molecule has 25 heavy (non-hydrogen) atoms. The largest absolute Gasteiger partial charge is 4.00 e. The summed E-state index contributed by atoms with van der Waals surface area (Å²) in [6.45, 7) is 9.77. The van der Waals surface area contributed by atoms with Gasteiger partial charge >= 0.3 is 26.2 Å². The first-order valence-corrected chi connectivity index (χ1v) is 14.1. The van der Waals surface area contributed by atoms with E-state index in [-0.39, 0.29) is 64.2 Å². The third-order valence-electron chi connectivity index (χ3n) is 3.89. The zero-order chi connectivity index (χ0) is 16.5. The fourth-order valence-corrected chi connectivity index (χ4v) is 5.94. The third kappa shape index (κ3) is 10.6. The van der Waals surface area contributed by atoms with E-state index in [1.54, 1.807) is 0 Å². The first-order valence-electron chi connectivity index (χ1n) is 8.33. The maximum absolute atomic E-state index is 8.76. The van der Waals surface area contributed by atoms with Gasteiger partial charge in [0.1, 0.15) is 0 Å². The molecule has 140 valence electrons. The van der Waals surface area contributed by atoms with Gasteiger partial charge in [0.2, 0.25) is 0 Å². The zero-order valence-electron chi connectivity index (χ0n) is 15.7. The summed E-state index contributed by atoms with van der Waals surface area (Å²) in [7, 11) is -1.37. The van der Waals surface area contributed by atoms with Crippen molar-refractivity contribution in [2.75, 3.05) is 13.2 Å². The molecule has 0 spiro atoms. The molecule has 2 rings (SSSR count). The van der Waals surface area contributed by atoms with E-state index in [0.717, 1.165) is 25.7 Å². The van der Waals surface area contributed by atoms with Crippen LogP contribution in [0.5, 0.6) is 0 Å². The molecule has 0 aromatic carbocycles. The van der Waals surface area contributed by atoms with Crippen molar-refractivity contribution in [3.63, 3.8) is 0 Å². The quantitative estimate of drug-likeness (QED) is 0.303. The summed E-state index contributed by atoms with van der Waals surface area (Å²) in [5.41, 5.74) is 2.71. The molecule has 0 aromatic heterocycles. The normalized spacial score (nSPS) is 15.0. The Kier molecular flexibility index (Phi) is 20.6. The first kappa shape index (κ1) is 30.5. The van der Waals surface area contributed by atoms with Crippen LogP contribution < -0.4 is 24.8 Å². The maximum Gasteiger partial charge on any atom is 4.00 e. The van der Waals surface area contributed by atoms with Crippen molar-refractivity contribution in [1.29, 1.82) is 0 Å². The summed E-state index contributed by atoms with van der Waals surface area (Å²) in [5.74, 6) is 0. The summed E-state index contributed by atoms with van der Waals surface area (Å²) in [4.78, 5) is 0. The van der Waals surface area contributed by atoms with Crippen molar-refractivity contribution in [2.45, 2.75) is 51.9 Å². The average Bonchev–Trinajstić information content (AvgIpc) is 3.09. The third-order valence-corrected chi connectivity index (χ3v) is 7.35. The van der Waals surface area contributed by atoms with Crippen molar-refractivity contribution in [3.8, 4) is 0 Å². The van der Waals surface area contributed by atoms with Crippen LogP contribution in [0.4, 0.5) is 0 Å². The van der Waals surface area contributed by atoms with Crippen LogP contribution in [0.2, 0.25) is 26.2 Å². The minimum atomic E-state index is -0.686. The molecule has 0 saturated carbocycles. The van der Waals surface area contributed by atoms with Gasteiger partial charge in [-0.25, -0.2) is 10.4 Å². The zero-order valence-corrected chi connectivity index (χ0v) is 22.0. The van der Waals surface area contributed by atoms with Crippen LogP contribution in [-0.4, -0.2) is 41.0 Å². The molecule has 0 heterocycles. The first-order chi connectivity index (χ1) is 10.5. The molecule has 0 amide bonds. The van der Waals surface area contributed by atoms with Gasteiger partial charge < -0.3 is 35.0 Å². The Morgan fingerprint density at radius 3 is 1.36 bits per heavy atom. The molecule has 0 unspecified atom stereocenters. The smallest absolute Gasteiger partial charge is 1.00 e. The predicted molar refractivity (Wildman–Crippen MR) is 100 cm³/mol. The Morgan fingerprint density at radius 2 is 1.12 bits per heavy atom.